The van der Waals surface area contributed by atoms with E-state index in [2.05, 4.69) is 29.4 Å². The maximum absolute atomic E-state index is 5.42. The first-order valence-corrected chi connectivity index (χ1v) is 5.82. The van der Waals surface area contributed by atoms with Gasteiger partial charge < -0.3 is 10.1 Å². The second-order valence-electron chi connectivity index (χ2n) is 3.92. The van der Waals surface area contributed by atoms with Crippen molar-refractivity contribution >= 4 is 18.2 Å². The molecule has 1 aliphatic rings. The highest BCUT2D eigenvalue weighted by molar-refractivity contribution is 5.89. The summed E-state index contributed by atoms with van der Waals surface area (Å²) in [5.74, 6) is 2.38. The van der Waals surface area contributed by atoms with Crippen molar-refractivity contribution in [3.05, 3.63) is 29.8 Å². The zero-order valence-corrected chi connectivity index (χ0v) is 11.1. The molecule has 1 aromatic carbocycles. The van der Waals surface area contributed by atoms with E-state index in [0.717, 1.165) is 24.7 Å². The Morgan fingerprint density at radius 2 is 2.06 bits per heavy atom. The Labute approximate surface area is 109 Å². The molecule has 94 valence electrons. The van der Waals surface area contributed by atoms with Crippen molar-refractivity contribution in [3.63, 3.8) is 0 Å². The number of hydrogen-bond donors (Lipinski definition) is 1. The number of halogens is 1. The van der Waals surface area contributed by atoms with E-state index in [9.17, 15) is 0 Å². The minimum Gasteiger partial charge on any atom is -0.494 e. The minimum atomic E-state index is 0. The van der Waals surface area contributed by atoms with Gasteiger partial charge in [0.25, 0.3) is 0 Å². The van der Waals surface area contributed by atoms with E-state index >= 15 is 0 Å². The molecule has 0 spiro atoms. The van der Waals surface area contributed by atoms with Gasteiger partial charge in [0.2, 0.25) is 0 Å². The Hall–Kier alpha value is -1.22. The molecule has 2 rings (SSSR count). The highest BCUT2D eigenvalue weighted by atomic mass is 35.5. The third-order valence-corrected chi connectivity index (χ3v) is 2.80. The molecule has 1 atom stereocenters. The fourth-order valence-electron chi connectivity index (χ4n) is 1.88. The van der Waals surface area contributed by atoms with Gasteiger partial charge in [-0.1, -0.05) is 19.1 Å². The second-order valence-corrected chi connectivity index (χ2v) is 3.92. The zero-order valence-electron chi connectivity index (χ0n) is 10.3. The molecule has 0 saturated carbocycles. The molecule has 0 aliphatic carbocycles. The first-order valence-electron chi connectivity index (χ1n) is 5.82. The van der Waals surface area contributed by atoms with E-state index < -0.39 is 0 Å². The number of nitrogens with zero attached hydrogens (tertiary/aromatic N) is 1. The number of ether oxygens (including phenoxy) is 1. The average molecular weight is 255 g/mol. The predicted molar refractivity (Wildman–Crippen MR) is 73.6 cm³/mol. The van der Waals surface area contributed by atoms with E-state index in [4.69, 9.17) is 4.74 Å². The van der Waals surface area contributed by atoms with Crippen LogP contribution in [0.3, 0.4) is 0 Å². The Balaban J connectivity index is 0.00000144. The van der Waals surface area contributed by atoms with Crippen molar-refractivity contribution in [2.24, 2.45) is 4.99 Å². The highest BCUT2D eigenvalue weighted by Crippen LogP contribution is 2.20. The van der Waals surface area contributed by atoms with Gasteiger partial charge in [0.1, 0.15) is 11.6 Å². The van der Waals surface area contributed by atoms with Crippen LogP contribution in [0, 0.1) is 0 Å². The topological polar surface area (TPSA) is 33.6 Å². The molecule has 0 saturated heterocycles. The van der Waals surface area contributed by atoms with Crippen molar-refractivity contribution in [3.8, 4) is 5.75 Å². The van der Waals surface area contributed by atoms with Crippen LogP contribution in [0.1, 0.15) is 25.3 Å². The lowest BCUT2D eigenvalue weighted by molar-refractivity contribution is 0.340. The van der Waals surface area contributed by atoms with Crippen LogP contribution in [0.15, 0.2) is 29.3 Å². The monoisotopic (exact) mass is 254 g/mol. The fourth-order valence-corrected chi connectivity index (χ4v) is 1.88. The first-order chi connectivity index (χ1) is 7.81. The van der Waals surface area contributed by atoms with Gasteiger partial charge in [0.15, 0.2) is 0 Å². The van der Waals surface area contributed by atoms with Gasteiger partial charge in [0, 0.05) is 12.5 Å². The average Bonchev–Trinajstić information content (AvgIpc) is 2.83. The van der Waals surface area contributed by atoms with Crippen LogP contribution >= 0.6 is 12.4 Å². The Morgan fingerprint density at radius 3 is 2.59 bits per heavy atom. The van der Waals surface area contributed by atoms with Crippen LogP contribution in [0.5, 0.6) is 5.75 Å². The van der Waals surface area contributed by atoms with Crippen molar-refractivity contribution in [1.82, 2.24) is 5.32 Å². The third-order valence-electron chi connectivity index (χ3n) is 2.80. The first kappa shape index (κ1) is 13.8. The largest absolute Gasteiger partial charge is 0.494 e. The molecule has 0 radical (unpaired) electrons. The summed E-state index contributed by atoms with van der Waals surface area (Å²) in [6, 6.07) is 8.26. The standard InChI is InChI=1S/C13H18N2O.ClH/c1-3-16-12-6-4-11(5-7-12)10(2)13-14-8-9-15-13;/h4-7,10H,3,8-9H2,1-2H3,(H,14,15);1H. The van der Waals surface area contributed by atoms with Crippen LogP contribution in [-0.2, 0) is 0 Å². The molecule has 1 unspecified atom stereocenters. The summed E-state index contributed by atoms with van der Waals surface area (Å²) in [6.45, 7) is 6.75. The molecule has 1 aliphatic heterocycles. The van der Waals surface area contributed by atoms with Gasteiger partial charge >= 0.3 is 0 Å². The van der Waals surface area contributed by atoms with Crippen LogP contribution < -0.4 is 10.1 Å². The summed E-state index contributed by atoms with van der Waals surface area (Å²) < 4.78 is 5.42. The lowest BCUT2D eigenvalue weighted by Gasteiger charge is -2.13. The summed E-state index contributed by atoms with van der Waals surface area (Å²) in [5, 5.41) is 3.31. The number of rotatable bonds is 4. The quantitative estimate of drug-likeness (QED) is 0.896. The normalized spacial score (nSPS) is 15.5. The third kappa shape index (κ3) is 3.37. The number of nitrogens with one attached hydrogen (secondary N) is 1. The highest BCUT2D eigenvalue weighted by Gasteiger charge is 2.15. The SMILES string of the molecule is CCOc1ccc(C(C)C2=NCCN2)cc1.Cl. The molecule has 0 fully saturated rings. The maximum atomic E-state index is 5.42. The Kier molecular flexibility index (Phi) is 5.29. The molecular weight excluding hydrogens is 236 g/mol. The van der Waals surface area contributed by atoms with E-state index in [1.54, 1.807) is 0 Å². The molecule has 1 N–H and O–H groups in total. The van der Waals surface area contributed by atoms with E-state index in [1.165, 1.54) is 5.56 Å². The minimum absolute atomic E-state index is 0. The Morgan fingerprint density at radius 1 is 1.35 bits per heavy atom. The number of hydrogen-bond acceptors (Lipinski definition) is 3. The summed E-state index contributed by atoms with van der Waals surface area (Å²) in [7, 11) is 0. The second kappa shape index (κ2) is 6.50. The van der Waals surface area contributed by atoms with E-state index in [-0.39, 0.29) is 12.4 Å². The van der Waals surface area contributed by atoms with Crippen LogP contribution in [-0.4, -0.2) is 25.5 Å². The van der Waals surface area contributed by atoms with Gasteiger partial charge in [-0.05, 0) is 24.6 Å². The van der Waals surface area contributed by atoms with Crippen molar-refractivity contribution in [2.75, 3.05) is 19.7 Å². The lowest BCUT2D eigenvalue weighted by Crippen LogP contribution is -2.23. The molecule has 4 heteroatoms. The maximum Gasteiger partial charge on any atom is 0.119 e. The number of amidine groups is 1. The van der Waals surface area contributed by atoms with Gasteiger partial charge in [-0.25, -0.2) is 0 Å². The summed E-state index contributed by atoms with van der Waals surface area (Å²) in [6.07, 6.45) is 0. The number of benzene rings is 1. The van der Waals surface area contributed by atoms with Crippen molar-refractivity contribution in [1.29, 1.82) is 0 Å². The Bertz CT molecular complexity index is 376. The summed E-state index contributed by atoms with van der Waals surface area (Å²) in [4.78, 5) is 4.45. The van der Waals surface area contributed by atoms with E-state index in [1.807, 2.05) is 19.1 Å². The van der Waals surface area contributed by atoms with Crippen LogP contribution in [0.2, 0.25) is 0 Å². The van der Waals surface area contributed by atoms with Crippen molar-refractivity contribution < 1.29 is 4.74 Å². The van der Waals surface area contributed by atoms with Gasteiger partial charge in [-0.15, -0.1) is 12.4 Å². The lowest BCUT2D eigenvalue weighted by atomic mass is 10.00. The molecule has 1 heterocycles. The molecular formula is C13H19ClN2O. The zero-order chi connectivity index (χ0) is 11.4. The molecule has 1 aromatic rings. The van der Waals surface area contributed by atoms with Gasteiger partial charge in [-0.3, -0.25) is 4.99 Å². The number of aliphatic imine (C=N–C) groups is 1. The van der Waals surface area contributed by atoms with Crippen molar-refractivity contribution in [2.45, 2.75) is 19.8 Å². The molecule has 0 amide bonds. The molecule has 0 bridgehead atoms. The van der Waals surface area contributed by atoms with Gasteiger partial charge in [-0.2, -0.15) is 0 Å². The molecule has 17 heavy (non-hydrogen) atoms. The molecule has 0 aromatic heterocycles. The summed E-state index contributed by atoms with van der Waals surface area (Å²) in [5.41, 5.74) is 1.27. The van der Waals surface area contributed by atoms with Gasteiger partial charge in [0.05, 0.1) is 13.2 Å². The van der Waals surface area contributed by atoms with E-state index in [0.29, 0.717) is 12.5 Å². The van der Waals surface area contributed by atoms with Crippen LogP contribution in [0.4, 0.5) is 0 Å². The predicted octanol–water partition coefficient (Wildman–Crippen LogP) is 2.61. The summed E-state index contributed by atoms with van der Waals surface area (Å²) >= 11 is 0. The fraction of sp³-hybridized carbons (Fsp3) is 0.462. The molecule has 3 nitrogen and oxygen atoms in total. The van der Waals surface area contributed by atoms with Crippen LogP contribution in [0.25, 0.3) is 0 Å². The smallest absolute Gasteiger partial charge is 0.119 e.